The number of nitrogens with two attached hydrogens (primary N) is 1. The molecule has 0 unspecified atom stereocenters. The summed E-state index contributed by atoms with van der Waals surface area (Å²) in [4.78, 5) is 24.0. The van der Waals surface area contributed by atoms with Gasteiger partial charge in [-0.15, -0.1) is 0 Å². The molecule has 0 saturated heterocycles. The van der Waals surface area contributed by atoms with Crippen molar-refractivity contribution in [2.45, 2.75) is 11.8 Å². The van der Waals surface area contributed by atoms with Gasteiger partial charge in [-0.2, -0.15) is 11.8 Å². The van der Waals surface area contributed by atoms with Crippen LogP contribution in [0.15, 0.2) is 48.5 Å². The van der Waals surface area contributed by atoms with Crippen LogP contribution in [0, 0.1) is 5.82 Å². The van der Waals surface area contributed by atoms with E-state index in [9.17, 15) is 14.0 Å². The van der Waals surface area contributed by atoms with E-state index in [1.165, 1.54) is 30.0 Å². The SMILES string of the molecule is CSCc1cc(C(=O)N[C@H](C(N)=O)c2ccccc2)ccc1F. The van der Waals surface area contributed by atoms with Crippen LogP contribution < -0.4 is 11.1 Å². The third-order valence-corrected chi connectivity index (χ3v) is 3.90. The van der Waals surface area contributed by atoms with Crippen molar-refractivity contribution in [2.24, 2.45) is 5.73 Å². The van der Waals surface area contributed by atoms with Crippen molar-refractivity contribution < 1.29 is 14.0 Å². The van der Waals surface area contributed by atoms with Crippen LogP contribution in [0.25, 0.3) is 0 Å². The Hall–Kier alpha value is -2.34. The highest BCUT2D eigenvalue weighted by atomic mass is 32.2. The maximum Gasteiger partial charge on any atom is 0.252 e. The molecule has 1 atom stereocenters. The van der Waals surface area contributed by atoms with Gasteiger partial charge >= 0.3 is 0 Å². The molecule has 0 bridgehead atoms. The summed E-state index contributed by atoms with van der Waals surface area (Å²) in [5, 5.41) is 2.60. The van der Waals surface area contributed by atoms with Gasteiger partial charge in [0, 0.05) is 11.3 Å². The molecule has 2 aromatic rings. The predicted octanol–water partition coefficient (Wildman–Crippen LogP) is 2.65. The van der Waals surface area contributed by atoms with Crippen molar-refractivity contribution in [1.82, 2.24) is 5.32 Å². The smallest absolute Gasteiger partial charge is 0.252 e. The van der Waals surface area contributed by atoms with Gasteiger partial charge in [0.2, 0.25) is 5.91 Å². The molecule has 6 heteroatoms. The number of nitrogens with one attached hydrogen (secondary N) is 1. The van der Waals surface area contributed by atoms with Crippen molar-refractivity contribution in [3.63, 3.8) is 0 Å². The van der Waals surface area contributed by atoms with Crippen LogP contribution in [0.2, 0.25) is 0 Å². The van der Waals surface area contributed by atoms with Crippen LogP contribution in [-0.2, 0) is 10.5 Å². The van der Waals surface area contributed by atoms with Gasteiger partial charge in [-0.3, -0.25) is 9.59 Å². The first-order chi connectivity index (χ1) is 11.0. The van der Waals surface area contributed by atoms with Gasteiger partial charge < -0.3 is 11.1 Å². The summed E-state index contributed by atoms with van der Waals surface area (Å²) in [5.41, 5.74) is 6.71. The highest BCUT2D eigenvalue weighted by molar-refractivity contribution is 7.97. The first kappa shape index (κ1) is 17.0. The minimum absolute atomic E-state index is 0.289. The van der Waals surface area contributed by atoms with E-state index in [-0.39, 0.29) is 11.4 Å². The molecule has 23 heavy (non-hydrogen) atoms. The number of hydrogen-bond donors (Lipinski definition) is 2. The van der Waals surface area contributed by atoms with Gasteiger partial charge in [0.1, 0.15) is 11.9 Å². The molecule has 2 rings (SSSR count). The molecule has 2 amide bonds. The molecule has 0 aromatic heterocycles. The molecule has 0 saturated carbocycles. The van der Waals surface area contributed by atoms with Crippen molar-refractivity contribution in [3.8, 4) is 0 Å². The maximum atomic E-state index is 13.7. The molecule has 0 fully saturated rings. The fraction of sp³-hybridized carbons (Fsp3) is 0.176. The highest BCUT2D eigenvalue weighted by Crippen LogP contribution is 2.17. The van der Waals surface area contributed by atoms with E-state index >= 15 is 0 Å². The lowest BCUT2D eigenvalue weighted by atomic mass is 10.1. The van der Waals surface area contributed by atoms with Gasteiger partial charge in [-0.05, 0) is 35.6 Å². The molecular formula is C17H17FN2O2S. The number of rotatable bonds is 6. The summed E-state index contributed by atoms with van der Waals surface area (Å²) >= 11 is 1.46. The Labute approximate surface area is 138 Å². The summed E-state index contributed by atoms with van der Waals surface area (Å²) in [6.07, 6.45) is 1.85. The van der Waals surface area contributed by atoms with Crippen LogP contribution in [0.4, 0.5) is 4.39 Å². The average molecular weight is 332 g/mol. The number of carbonyl (C=O) groups excluding carboxylic acids is 2. The molecule has 0 heterocycles. The lowest BCUT2D eigenvalue weighted by Gasteiger charge is -2.16. The van der Waals surface area contributed by atoms with Gasteiger partial charge in [0.05, 0.1) is 0 Å². The first-order valence-corrected chi connectivity index (χ1v) is 8.34. The number of halogens is 1. The summed E-state index contributed by atoms with van der Waals surface area (Å²) in [6, 6.07) is 11.9. The number of benzene rings is 2. The normalized spacial score (nSPS) is 11.7. The predicted molar refractivity (Wildman–Crippen MR) is 89.5 cm³/mol. The second-order valence-corrected chi connectivity index (χ2v) is 5.82. The molecule has 4 nitrogen and oxygen atoms in total. The lowest BCUT2D eigenvalue weighted by Crippen LogP contribution is -2.37. The van der Waals surface area contributed by atoms with Crippen LogP contribution in [-0.4, -0.2) is 18.1 Å². The highest BCUT2D eigenvalue weighted by Gasteiger charge is 2.21. The van der Waals surface area contributed by atoms with Crippen molar-refractivity contribution in [3.05, 3.63) is 71.0 Å². The van der Waals surface area contributed by atoms with Crippen molar-refractivity contribution >= 4 is 23.6 Å². The Morgan fingerprint density at radius 1 is 1.22 bits per heavy atom. The Balaban J connectivity index is 2.23. The van der Waals surface area contributed by atoms with Gasteiger partial charge in [0.15, 0.2) is 0 Å². The second-order valence-electron chi connectivity index (χ2n) is 4.96. The Kier molecular flexibility index (Phi) is 5.76. The van der Waals surface area contributed by atoms with E-state index in [1.807, 2.05) is 6.26 Å². The van der Waals surface area contributed by atoms with E-state index in [1.54, 1.807) is 30.3 Å². The molecule has 0 aliphatic heterocycles. The van der Waals surface area contributed by atoms with E-state index in [0.29, 0.717) is 16.9 Å². The molecule has 0 radical (unpaired) electrons. The van der Waals surface area contributed by atoms with Gasteiger partial charge in [-0.1, -0.05) is 30.3 Å². The zero-order valence-corrected chi connectivity index (χ0v) is 13.4. The fourth-order valence-corrected chi connectivity index (χ4v) is 2.69. The average Bonchev–Trinajstić information content (AvgIpc) is 2.55. The first-order valence-electron chi connectivity index (χ1n) is 6.95. The van der Waals surface area contributed by atoms with Crippen LogP contribution in [0.1, 0.15) is 27.5 Å². The molecule has 0 spiro atoms. The molecule has 2 aromatic carbocycles. The quantitative estimate of drug-likeness (QED) is 0.854. The molecule has 3 N–H and O–H groups in total. The minimum Gasteiger partial charge on any atom is -0.368 e. The molecule has 0 aliphatic carbocycles. The van der Waals surface area contributed by atoms with E-state index in [2.05, 4.69) is 5.32 Å². The third kappa shape index (κ3) is 4.32. The number of thioether (sulfide) groups is 1. The topological polar surface area (TPSA) is 72.2 Å². The van der Waals surface area contributed by atoms with Crippen LogP contribution in [0.3, 0.4) is 0 Å². The maximum absolute atomic E-state index is 13.7. The number of amides is 2. The monoisotopic (exact) mass is 332 g/mol. The Bertz CT molecular complexity index is 707. The van der Waals surface area contributed by atoms with Crippen LogP contribution >= 0.6 is 11.8 Å². The summed E-state index contributed by atoms with van der Waals surface area (Å²) in [6.45, 7) is 0. The van der Waals surface area contributed by atoms with Crippen molar-refractivity contribution in [1.29, 1.82) is 0 Å². The Morgan fingerprint density at radius 3 is 2.52 bits per heavy atom. The lowest BCUT2D eigenvalue weighted by molar-refractivity contribution is -0.120. The molecule has 120 valence electrons. The van der Waals surface area contributed by atoms with Crippen LogP contribution in [0.5, 0.6) is 0 Å². The zero-order valence-electron chi connectivity index (χ0n) is 12.6. The van der Waals surface area contributed by atoms with E-state index in [0.717, 1.165) is 0 Å². The van der Waals surface area contributed by atoms with E-state index in [4.69, 9.17) is 5.73 Å². The number of primary amides is 1. The number of carbonyl (C=O) groups is 2. The standard InChI is InChI=1S/C17H17FN2O2S/c1-23-10-13-9-12(7-8-14(13)18)17(22)20-15(16(19)21)11-5-3-2-4-6-11/h2-9,15H,10H2,1H3,(H2,19,21)(H,20,22)/t15-/m0/s1. The fourth-order valence-electron chi connectivity index (χ4n) is 2.16. The molecule has 0 aliphatic rings. The summed E-state index contributed by atoms with van der Waals surface area (Å²) in [5.74, 6) is -1.02. The second kappa shape index (κ2) is 7.78. The Morgan fingerprint density at radius 2 is 1.91 bits per heavy atom. The molecular weight excluding hydrogens is 315 g/mol. The largest absolute Gasteiger partial charge is 0.368 e. The number of hydrogen-bond acceptors (Lipinski definition) is 3. The van der Waals surface area contributed by atoms with Crippen molar-refractivity contribution in [2.75, 3.05) is 6.26 Å². The third-order valence-electron chi connectivity index (χ3n) is 3.30. The summed E-state index contributed by atoms with van der Waals surface area (Å²) in [7, 11) is 0. The summed E-state index contributed by atoms with van der Waals surface area (Å²) < 4.78 is 13.7. The van der Waals surface area contributed by atoms with Gasteiger partial charge in [-0.25, -0.2) is 4.39 Å². The minimum atomic E-state index is -0.933. The zero-order chi connectivity index (χ0) is 16.8. The van der Waals surface area contributed by atoms with E-state index < -0.39 is 17.9 Å². The van der Waals surface area contributed by atoms with Gasteiger partial charge in [0.25, 0.3) is 5.91 Å².